The lowest BCUT2D eigenvalue weighted by Crippen LogP contribution is -2.42. The summed E-state index contributed by atoms with van der Waals surface area (Å²) in [6, 6.07) is 8.99. The number of amides is 2. The van der Waals surface area contributed by atoms with Crippen molar-refractivity contribution in [3.63, 3.8) is 0 Å². The van der Waals surface area contributed by atoms with E-state index in [1.807, 2.05) is 18.2 Å². The van der Waals surface area contributed by atoms with Gasteiger partial charge in [-0.1, -0.05) is 18.2 Å². The molecule has 3 rings (SSSR count). The molecule has 1 unspecified atom stereocenters. The van der Waals surface area contributed by atoms with Gasteiger partial charge in [0, 0.05) is 30.3 Å². The van der Waals surface area contributed by atoms with Crippen LogP contribution < -0.4 is 5.32 Å². The molecule has 6 nitrogen and oxygen atoms in total. The van der Waals surface area contributed by atoms with Crippen molar-refractivity contribution in [1.29, 1.82) is 0 Å². The molecule has 2 heterocycles. The Morgan fingerprint density at radius 2 is 2.17 bits per heavy atom. The fourth-order valence-electron chi connectivity index (χ4n) is 2.63. The first-order valence-corrected chi connectivity index (χ1v) is 8.75. The highest BCUT2D eigenvalue weighted by Gasteiger charge is 2.25. The molecule has 2 aromatic rings. The summed E-state index contributed by atoms with van der Waals surface area (Å²) in [5, 5.41) is 5.04. The Balaban J connectivity index is 1.68. The molecule has 0 spiro atoms. The van der Waals surface area contributed by atoms with Crippen LogP contribution in [0.4, 0.5) is 5.13 Å². The minimum Gasteiger partial charge on any atom is -0.376 e. The van der Waals surface area contributed by atoms with Crippen molar-refractivity contribution in [3.05, 3.63) is 47.5 Å². The van der Waals surface area contributed by atoms with Crippen molar-refractivity contribution in [2.24, 2.45) is 0 Å². The first-order chi connectivity index (χ1) is 11.7. The van der Waals surface area contributed by atoms with Crippen LogP contribution in [-0.2, 0) is 9.53 Å². The summed E-state index contributed by atoms with van der Waals surface area (Å²) in [5.41, 5.74) is 0.567. The number of benzene rings is 1. The fraction of sp³-hybridized carbons (Fsp3) is 0.353. The Morgan fingerprint density at radius 1 is 1.33 bits per heavy atom. The van der Waals surface area contributed by atoms with E-state index >= 15 is 0 Å². The van der Waals surface area contributed by atoms with Gasteiger partial charge in [-0.2, -0.15) is 0 Å². The van der Waals surface area contributed by atoms with E-state index in [4.69, 9.17) is 4.74 Å². The average Bonchev–Trinajstić information content (AvgIpc) is 3.28. The Labute approximate surface area is 144 Å². The molecule has 2 amide bonds. The second-order valence-corrected chi connectivity index (χ2v) is 6.47. The molecule has 1 atom stereocenters. The number of ether oxygens (including phenoxy) is 1. The molecule has 1 aliphatic rings. The molecule has 1 N–H and O–H groups in total. The van der Waals surface area contributed by atoms with E-state index in [0.29, 0.717) is 23.8 Å². The zero-order valence-electron chi connectivity index (χ0n) is 13.2. The lowest BCUT2D eigenvalue weighted by atomic mass is 10.1. The predicted molar refractivity (Wildman–Crippen MR) is 92.1 cm³/mol. The van der Waals surface area contributed by atoms with E-state index in [1.165, 1.54) is 11.3 Å². The molecule has 1 aliphatic heterocycles. The van der Waals surface area contributed by atoms with Crippen LogP contribution in [0.15, 0.2) is 41.9 Å². The fourth-order valence-corrected chi connectivity index (χ4v) is 3.18. The van der Waals surface area contributed by atoms with Gasteiger partial charge in [-0.3, -0.25) is 9.59 Å². The van der Waals surface area contributed by atoms with Crippen molar-refractivity contribution < 1.29 is 14.3 Å². The van der Waals surface area contributed by atoms with Crippen LogP contribution in [0.25, 0.3) is 0 Å². The summed E-state index contributed by atoms with van der Waals surface area (Å²) in [6.07, 6.45) is 3.51. The molecule has 1 aromatic carbocycles. The molecule has 7 heteroatoms. The van der Waals surface area contributed by atoms with Gasteiger partial charge in [-0.05, 0) is 25.0 Å². The van der Waals surface area contributed by atoms with Crippen molar-refractivity contribution >= 4 is 28.3 Å². The number of carbonyl (C=O) groups excluding carboxylic acids is 2. The largest absolute Gasteiger partial charge is 0.376 e. The zero-order valence-corrected chi connectivity index (χ0v) is 14.0. The molecule has 0 bridgehead atoms. The highest BCUT2D eigenvalue weighted by Crippen LogP contribution is 2.16. The van der Waals surface area contributed by atoms with Gasteiger partial charge in [0.1, 0.15) is 6.54 Å². The molecule has 1 fully saturated rings. The number of aromatic nitrogens is 1. The standard InChI is InChI=1S/C17H19N3O3S/c21-15(19-17-18-8-10-24-17)12-20(11-14-7-4-9-23-14)16(22)13-5-2-1-3-6-13/h1-3,5-6,8,10,14H,4,7,9,11-12H2,(H,18,19,21). The van der Waals surface area contributed by atoms with Crippen LogP contribution in [0.3, 0.4) is 0 Å². The third kappa shape index (κ3) is 4.39. The van der Waals surface area contributed by atoms with Crippen molar-refractivity contribution in [1.82, 2.24) is 9.88 Å². The summed E-state index contributed by atoms with van der Waals surface area (Å²) in [5.74, 6) is -0.424. The molecule has 0 saturated carbocycles. The number of nitrogens with zero attached hydrogens (tertiary/aromatic N) is 2. The van der Waals surface area contributed by atoms with Crippen LogP contribution in [0.5, 0.6) is 0 Å². The number of rotatable bonds is 6. The quantitative estimate of drug-likeness (QED) is 0.873. The van der Waals surface area contributed by atoms with Crippen LogP contribution in [0, 0.1) is 0 Å². The topological polar surface area (TPSA) is 71.5 Å². The second kappa shape index (κ2) is 8.03. The van der Waals surface area contributed by atoms with E-state index in [9.17, 15) is 9.59 Å². The minimum absolute atomic E-state index is 0.00896. The Bertz CT molecular complexity index is 670. The molecular weight excluding hydrogens is 326 g/mol. The number of nitrogens with one attached hydrogen (secondary N) is 1. The van der Waals surface area contributed by atoms with Gasteiger partial charge < -0.3 is 15.0 Å². The monoisotopic (exact) mass is 345 g/mol. The van der Waals surface area contributed by atoms with Crippen LogP contribution in [-0.4, -0.2) is 47.5 Å². The van der Waals surface area contributed by atoms with E-state index in [0.717, 1.165) is 12.8 Å². The SMILES string of the molecule is O=C(CN(CC1CCCO1)C(=O)c1ccccc1)Nc1nccs1. The number of anilines is 1. The van der Waals surface area contributed by atoms with Gasteiger partial charge >= 0.3 is 0 Å². The molecule has 1 aromatic heterocycles. The van der Waals surface area contributed by atoms with Gasteiger partial charge in [0.2, 0.25) is 5.91 Å². The Hall–Kier alpha value is -2.25. The molecule has 0 aliphatic carbocycles. The van der Waals surface area contributed by atoms with E-state index in [1.54, 1.807) is 28.6 Å². The normalized spacial score (nSPS) is 16.8. The number of hydrogen-bond donors (Lipinski definition) is 1. The van der Waals surface area contributed by atoms with Gasteiger partial charge in [0.25, 0.3) is 5.91 Å². The summed E-state index contributed by atoms with van der Waals surface area (Å²) in [6.45, 7) is 1.11. The van der Waals surface area contributed by atoms with E-state index in [-0.39, 0.29) is 24.5 Å². The van der Waals surface area contributed by atoms with Gasteiger partial charge in [-0.15, -0.1) is 11.3 Å². The summed E-state index contributed by atoms with van der Waals surface area (Å²) >= 11 is 1.34. The number of carbonyl (C=O) groups is 2. The maximum atomic E-state index is 12.7. The average molecular weight is 345 g/mol. The first kappa shape index (κ1) is 16.6. The highest BCUT2D eigenvalue weighted by atomic mass is 32.1. The zero-order chi connectivity index (χ0) is 16.8. The van der Waals surface area contributed by atoms with Crippen LogP contribution in [0.2, 0.25) is 0 Å². The molecular formula is C17H19N3O3S. The van der Waals surface area contributed by atoms with E-state index in [2.05, 4.69) is 10.3 Å². The smallest absolute Gasteiger partial charge is 0.254 e. The van der Waals surface area contributed by atoms with Crippen molar-refractivity contribution in [2.75, 3.05) is 25.0 Å². The lowest BCUT2D eigenvalue weighted by molar-refractivity contribution is -0.117. The first-order valence-electron chi connectivity index (χ1n) is 7.87. The molecule has 126 valence electrons. The van der Waals surface area contributed by atoms with Crippen LogP contribution in [0.1, 0.15) is 23.2 Å². The third-order valence-electron chi connectivity index (χ3n) is 3.77. The second-order valence-electron chi connectivity index (χ2n) is 5.57. The lowest BCUT2D eigenvalue weighted by Gasteiger charge is -2.25. The molecule has 1 saturated heterocycles. The van der Waals surface area contributed by atoms with Crippen LogP contribution >= 0.6 is 11.3 Å². The highest BCUT2D eigenvalue weighted by molar-refractivity contribution is 7.13. The third-order valence-corrected chi connectivity index (χ3v) is 4.46. The molecule has 24 heavy (non-hydrogen) atoms. The van der Waals surface area contributed by atoms with E-state index < -0.39 is 0 Å². The van der Waals surface area contributed by atoms with Gasteiger partial charge in [-0.25, -0.2) is 4.98 Å². The maximum Gasteiger partial charge on any atom is 0.254 e. The summed E-state index contributed by atoms with van der Waals surface area (Å²) < 4.78 is 5.62. The number of hydrogen-bond acceptors (Lipinski definition) is 5. The summed E-state index contributed by atoms with van der Waals surface area (Å²) in [7, 11) is 0. The maximum absolute atomic E-state index is 12.7. The minimum atomic E-state index is -0.257. The molecule has 0 radical (unpaired) electrons. The van der Waals surface area contributed by atoms with Gasteiger partial charge in [0.15, 0.2) is 5.13 Å². The Morgan fingerprint density at radius 3 is 2.83 bits per heavy atom. The van der Waals surface area contributed by atoms with Gasteiger partial charge in [0.05, 0.1) is 6.10 Å². The van der Waals surface area contributed by atoms with Crippen molar-refractivity contribution in [2.45, 2.75) is 18.9 Å². The predicted octanol–water partition coefficient (Wildman–Crippen LogP) is 2.40. The summed E-state index contributed by atoms with van der Waals surface area (Å²) in [4.78, 5) is 30.6. The number of thiazole rings is 1. The van der Waals surface area contributed by atoms with Crippen molar-refractivity contribution in [3.8, 4) is 0 Å². The Kier molecular flexibility index (Phi) is 5.55.